The van der Waals surface area contributed by atoms with Gasteiger partial charge in [0, 0.05) is 17.1 Å². The molecule has 0 atom stereocenters. The number of amides is 1. The molecule has 110 valence electrons. The Morgan fingerprint density at radius 3 is 2.67 bits per heavy atom. The van der Waals surface area contributed by atoms with Crippen molar-refractivity contribution in [2.24, 2.45) is 0 Å². The number of benzene rings is 1. The lowest BCUT2D eigenvalue weighted by Gasteiger charge is -2.23. The Balaban J connectivity index is 2.42. The molecule has 1 amide bonds. The third kappa shape index (κ3) is 3.58. The highest BCUT2D eigenvalue weighted by molar-refractivity contribution is 9.10. The van der Waals surface area contributed by atoms with Crippen LogP contribution >= 0.6 is 16.1 Å². The van der Waals surface area contributed by atoms with Gasteiger partial charge in [-0.15, -0.1) is 0 Å². The van der Waals surface area contributed by atoms with Crippen LogP contribution in [-0.4, -0.2) is 23.0 Å². The minimum atomic E-state index is -0.599. The van der Waals surface area contributed by atoms with Gasteiger partial charge in [0.15, 0.2) is 5.82 Å². The molecule has 0 unspecified atom stereocenters. The number of anilines is 1. The van der Waals surface area contributed by atoms with E-state index in [9.17, 15) is 9.59 Å². The van der Waals surface area contributed by atoms with Crippen LogP contribution in [0.4, 0.5) is 10.6 Å². The lowest BCUT2D eigenvalue weighted by atomic mass is 10.1. The summed E-state index contributed by atoms with van der Waals surface area (Å²) in [4.78, 5) is 27.1. The zero-order valence-electron chi connectivity index (χ0n) is 12.0. The summed E-state index contributed by atoms with van der Waals surface area (Å²) in [6.45, 7) is 5.37. The maximum absolute atomic E-state index is 12.1. The maximum Gasteiger partial charge on any atom is 0.426 e. The minimum Gasteiger partial charge on any atom is -0.443 e. The summed E-state index contributed by atoms with van der Waals surface area (Å²) in [5, 5.41) is 1.56. The predicted molar refractivity (Wildman–Crippen MR) is 84.8 cm³/mol. The molecule has 2 aromatic rings. The smallest absolute Gasteiger partial charge is 0.426 e. The van der Waals surface area contributed by atoms with Crippen molar-refractivity contribution in [1.82, 2.24) is 4.98 Å². The molecule has 0 aliphatic rings. The maximum atomic E-state index is 12.1. The molecule has 0 N–H and O–H groups in total. The molecule has 1 aromatic carbocycles. The fraction of sp³-hybridized carbons (Fsp3) is 0.267. The first-order valence-corrected chi connectivity index (χ1v) is 7.05. The summed E-state index contributed by atoms with van der Waals surface area (Å²) in [5.41, 5.74) is -0.0312. The molecule has 0 aliphatic carbocycles. The lowest BCUT2D eigenvalue weighted by Crippen LogP contribution is -2.31. The van der Waals surface area contributed by atoms with Gasteiger partial charge in [0.05, 0.1) is 16.1 Å². The van der Waals surface area contributed by atoms with Gasteiger partial charge in [-0.2, -0.15) is 3.93 Å². The van der Waals surface area contributed by atoms with Crippen LogP contribution in [0, 0.1) is 0 Å². The summed E-state index contributed by atoms with van der Waals surface area (Å²) in [5.74, 6) is 0.416. The van der Waals surface area contributed by atoms with Gasteiger partial charge in [0.1, 0.15) is 11.9 Å². The van der Waals surface area contributed by atoms with Gasteiger partial charge in [-0.25, -0.2) is 9.78 Å². The average molecular weight is 351 g/mol. The van der Waals surface area contributed by atoms with Crippen LogP contribution in [0.15, 0.2) is 30.5 Å². The molecular formula is C15H15BrN2O3. The van der Waals surface area contributed by atoms with Crippen molar-refractivity contribution in [2.45, 2.75) is 26.4 Å². The molecule has 0 aliphatic heterocycles. The molecule has 1 heterocycles. The van der Waals surface area contributed by atoms with Crippen LogP contribution in [-0.2, 0) is 4.74 Å². The van der Waals surface area contributed by atoms with Gasteiger partial charge in [-0.3, -0.25) is 4.79 Å². The second kappa shape index (κ2) is 5.81. The molecule has 0 saturated heterocycles. The molecule has 6 heteroatoms. The van der Waals surface area contributed by atoms with Crippen LogP contribution in [0.5, 0.6) is 0 Å². The van der Waals surface area contributed by atoms with Gasteiger partial charge >= 0.3 is 6.09 Å². The Bertz CT molecular complexity index is 695. The number of aromatic nitrogens is 1. The highest BCUT2D eigenvalue weighted by Crippen LogP contribution is 2.28. The van der Waals surface area contributed by atoms with E-state index in [1.807, 2.05) is 0 Å². The van der Waals surface area contributed by atoms with E-state index in [1.165, 1.54) is 3.93 Å². The lowest BCUT2D eigenvalue weighted by molar-refractivity contribution is 0.0613. The third-order valence-corrected chi connectivity index (χ3v) is 3.27. The van der Waals surface area contributed by atoms with Crippen molar-refractivity contribution in [3.63, 3.8) is 0 Å². The zero-order chi connectivity index (χ0) is 15.6. The number of pyridine rings is 1. The molecule has 5 nitrogen and oxygen atoms in total. The predicted octanol–water partition coefficient (Wildman–Crippen LogP) is 4.10. The summed E-state index contributed by atoms with van der Waals surface area (Å²) in [6, 6.07) is 6.95. The molecule has 0 bridgehead atoms. The number of carbonyl (C=O) groups excluding carboxylic acids is 2. The molecule has 0 radical (unpaired) electrons. The van der Waals surface area contributed by atoms with E-state index >= 15 is 0 Å². The Morgan fingerprint density at radius 2 is 2.05 bits per heavy atom. The fourth-order valence-electron chi connectivity index (χ4n) is 1.80. The Hall–Kier alpha value is -1.95. The van der Waals surface area contributed by atoms with Crippen LogP contribution in [0.25, 0.3) is 10.8 Å². The van der Waals surface area contributed by atoms with E-state index in [1.54, 1.807) is 51.2 Å². The number of nitrogens with zero attached hydrogens (tertiary/aromatic N) is 2. The normalized spacial score (nSPS) is 11.2. The first-order chi connectivity index (χ1) is 9.81. The number of halogens is 1. The van der Waals surface area contributed by atoms with Gasteiger partial charge in [-0.1, -0.05) is 6.07 Å². The molecule has 0 fully saturated rings. The average Bonchev–Trinajstić information content (AvgIpc) is 2.43. The van der Waals surface area contributed by atoms with Crippen molar-refractivity contribution < 1.29 is 14.3 Å². The van der Waals surface area contributed by atoms with Crippen molar-refractivity contribution in [3.05, 3.63) is 36.0 Å². The monoisotopic (exact) mass is 350 g/mol. The first-order valence-electron chi connectivity index (χ1n) is 6.34. The van der Waals surface area contributed by atoms with E-state index in [0.29, 0.717) is 11.4 Å². The standard InChI is InChI=1S/C15H15BrN2O3/c1-15(2,3)21-14(20)18(16)13-12-5-4-10(9-19)8-11(12)6-7-17-13/h4-9H,1-3H3. The minimum absolute atomic E-state index is 0.416. The summed E-state index contributed by atoms with van der Waals surface area (Å²) in [6.07, 6.45) is 1.80. The number of aldehydes is 1. The third-order valence-electron chi connectivity index (χ3n) is 2.64. The van der Waals surface area contributed by atoms with Gasteiger partial charge in [0.2, 0.25) is 0 Å². The number of hydrogen-bond acceptors (Lipinski definition) is 4. The Morgan fingerprint density at radius 1 is 1.33 bits per heavy atom. The van der Waals surface area contributed by atoms with E-state index in [-0.39, 0.29) is 0 Å². The highest BCUT2D eigenvalue weighted by atomic mass is 79.9. The molecule has 0 spiro atoms. The number of rotatable bonds is 2. The SMILES string of the molecule is CC(C)(C)OC(=O)N(Br)c1nccc2cc(C=O)ccc12. The molecular weight excluding hydrogens is 336 g/mol. The Labute approximate surface area is 131 Å². The van der Waals surface area contributed by atoms with Crippen molar-refractivity contribution in [3.8, 4) is 0 Å². The van der Waals surface area contributed by atoms with E-state index in [4.69, 9.17) is 4.74 Å². The number of carbonyl (C=O) groups is 2. The fourth-order valence-corrected chi connectivity index (χ4v) is 2.15. The van der Waals surface area contributed by atoms with Gasteiger partial charge in [0.25, 0.3) is 0 Å². The van der Waals surface area contributed by atoms with E-state index in [2.05, 4.69) is 21.1 Å². The van der Waals surface area contributed by atoms with Crippen molar-refractivity contribution in [1.29, 1.82) is 0 Å². The number of ether oxygens (including phenoxy) is 1. The quantitative estimate of drug-likeness (QED) is 0.604. The van der Waals surface area contributed by atoms with E-state index < -0.39 is 11.7 Å². The molecule has 21 heavy (non-hydrogen) atoms. The van der Waals surface area contributed by atoms with Crippen molar-refractivity contribution >= 4 is 45.1 Å². The number of hydrogen-bond donors (Lipinski definition) is 0. The second-order valence-corrected chi connectivity index (χ2v) is 6.20. The second-order valence-electron chi connectivity index (χ2n) is 5.49. The highest BCUT2D eigenvalue weighted by Gasteiger charge is 2.23. The van der Waals surface area contributed by atoms with Crippen LogP contribution in [0.3, 0.4) is 0 Å². The summed E-state index contributed by atoms with van der Waals surface area (Å²) in [7, 11) is 0. The van der Waals surface area contributed by atoms with Gasteiger partial charge < -0.3 is 4.74 Å². The largest absolute Gasteiger partial charge is 0.443 e. The molecule has 0 saturated carbocycles. The van der Waals surface area contributed by atoms with Crippen LogP contribution < -0.4 is 3.93 Å². The molecule has 1 aromatic heterocycles. The van der Waals surface area contributed by atoms with E-state index in [0.717, 1.165) is 17.1 Å². The van der Waals surface area contributed by atoms with Gasteiger partial charge in [-0.05, 0) is 44.4 Å². The summed E-state index contributed by atoms with van der Waals surface area (Å²) >= 11 is 3.19. The first kappa shape index (κ1) is 15.4. The number of fused-ring (bicyclic) bond motifs is 1. The Kier molecular flexibility index (Phi) is 4.27. The zero-order valence-corrected chi connectivity index (χ0v) is 13.5. The van der Waals surface area contributed by atoms with Crippen molar-refractivity contribution in [2.75, 3.05) is 3.93 Å². The summed E-state index contributed by atoms with van der Waals surface area (Å²) < 4.78 is 6.47. The topological polar surface area (TPSA) is 59.5 Å². The van der Waals surface area contributed by atoms with Crippen LogP contribution in [0.2, 0.25) is 0 Å². The molecule has 2 rings (SSSR count). The van der Waals surface area contributed by atoms with Crippen LogP contribution in [0.1, 0.15) is 31.1 Å².